The molecule has 1 unspecified atom stereocenters. The number of fused-ring (bicyclic) bond motifs is 1. The summed E-state index contributed by atoms with van der Waals surface area (Å²) >= 11 is 0. The summed E-state index contributed by atoms with van der Waals surface area (Å²) in [5.74, 6) is 2.45. The largest absolute Gasteiger partial charge is 0.496 e. The monoisotopic (exact) mass is 492 g/mol. The fraction of sp³-hybridized carbons (Fsp3) is 0.556. The quantitative estimate of drug-likeness (QED) is 0.613. The fourth-order valence-corrected chi connectivity index (χ4v) is 5.72. The van der Waals surface area contributed by atoms with E-state index in [4.69, 9.17) is 14.7 Å². The maximum absolute atomic E-state index is 13.3. The second kappa shape index (κ2) is 9.95. The van der Waals surface area contributed by atoms with E-state index in [-0.39, 0.29) is 17.9 Å². The minimum absolute atomic E-state index is 0.00448. The molecule has 3 aliphatic heterocycles. The molecule has 0 bridgehead atoms. The van der Waals surface area contributed by atoms with Crippen LogP contribution in [0.2, 0.25) is 0 Å². The van der Waals surface area contributed by atoms with Gasteiger partial charge in [0.1, 0.15) is 17.3 Å². The SMILES string of the molecule is CCCN1Cc2c(nc(N3CCN(C(C)=O)CC3)nc2N2CCCC2c2ccc(OC)c(C)c2)C1=O. The first-order valence-electron chi connectivity index (χ1n) is 13.0. The van der Waals surface area contributed by atoms with E-state index in [0.29, 0.717) is 50.9 Å². The summed E-state index contributed by atoms with van der Waals surface area (Å²) in [4.78, 5) is 43.3. The second-order valence-corrected chi connectivity index (χ2v) is 9.97. The number of carbonyl (C=O) groups is 2. The van der Waals surface area contributed by atoms with Crippen molar-refractivity contribution in [2.45, 2.75) is 52.6 Å². The number of methoxy groups -OCH3 is 1. The molecule has 4 heterocycles. The van der Waals surface area contributed by atoms with Crippen molar-refractivity contribution >= 4 is 23.6 Å². The molecule has 0 radical (unpaired) electrons. The Morgan fingerprint density at radius 3 is 2.58 bits per heavy atom. The zero-order valence-electron chi connectivity index (χ0n) is 21.8. The minimum atomic E-state index is -0.00448. The Morgan fingerprint density at radius 1 is 1.14 bits per heavy atom. The van der Waals surface area contributed by atoms with Crippen molar-refractivity contribution in [3.05, 3.63) is 40.6 Å². The molecule has 2 saturated heterocycles. The molecule has 3 aliphatic rings. The van der Waals surface area contributed by atoms with E-state index in [0.717, 1.165) is 48.5 Å². The molecule has 2 amide bonds. The lowest BCUT2D eigenvalue weighted by atomic mass is 10.0. The molecule has 0 N–H and O–H groups in total. The van der Waals surface area contributed by atoms with Gasteiger partial charge in [-0.3, -0.25) is 9.59 Å². The number of aryl methyl sites for hydroxylation is 1. The molecule has 5 rings (SSSR count). The highest BCUT2D eigenvalue weighted by Gasteiger charge is 2.38. The number of carbonyl (C=O) groups excluding carboxylic acids is 2. The minimum Gasteiger partial charge on any atom is -0.496 e. The Hall–Kier alpha value is -3.36. The van der Waals surface area contributed by atoms with Gasteiger partial charge < -0.3 is 24.3 Å². The Bertz CT molecular complexity index is 1160. The topological polar surface area (TPSA) is 82.1 Å². The number of benzene rings is 1. The highest BCUT2D eigenvalue weighted by molar-refractivity contribution is 5.98. The third kappa shape index (κ3) is 4.35. The average molecular weight is 493 g/mol. The van der Waals surface area contributed by atoms with Crippen LogP contribution in [-0.2, 0) is 11.3 Å². The molecule has 0 saturated carbocycles. The third-order valence-corrected chi connectivity index (χ3v) is 7.64. The van der Waals surface area contributed by atoms with Crippen LogP contribution in [0.1, 0.15) is 66.3 Å². The van der Waals surface area contributed by atoms with Gasteiger partial charge in [-0.1, -0.05) is 19.1 Å². The smallest absolute Gasteiger partial charge is 0.273 e. The number of nitrogens with zero attached hydrogens (tertiary/aromatic N) is 6. The molecule has 1 atom stereocenters. The zero-order valence-corrected chi connectivity index (χ0v) is 21.8. The molecule has 0 spiro atoms. The van der Waals surface area contributed by atoms with Crippen molar-refractivity contribution in [2.24, 2.45) is 0 Å². The Morgan fingerprint density at radius 2 is 1.92 bits per heavy atom. The van der Waals surface area contributed by atoms with Gasteiger partial charge in [0.15, 0.2) is 0 Å². The number of piperazine rings is 1. The molecule has 2 aromatic rings. The summed E-state index contributed by atoms with van der Waals surface area (Å²) in [5.41, 5.74) is 3.83. The first-order valence-corrected chi connectivity index (χ1v) is 13.0. The first-order chi connectivity index (χ1) is 17.4. The molecule has 2 fully saturated rings. The van der Waals surface area contributed by atoms with E-state index in [2.05, 4.69) is 35.8 Å². The van der Waals surface area contributed by atoms with E-state index in [1.165, 1.54) is 5.56 Å². The van der Waals surface area contributed by atoms with Crippen molar-refractivity contribution in [2.75, 3.05) is 56.2 Å². The average Bonchev–Trinajstić information content (AvgIpc) is 3.49. The van der Waals surface area contributed by atoms with E-state index in [9.17, 15) is 9.59 Å². The summed E-state index contributed by atoms with van der Waals surface area (Å²) in [5, 5.41) is 0. The van der Waals surface area contributed by atoms with Crippen molar-refractivity contribution in [1.82, 2.24) is 19.8 Å². The van der Waals surface area contributed by atoms with Crippen molar-refractivity contribution in [3.63, 3.8) is 0 Å². The maximum atomic E-state index is 13.3. The summed E-state index contributed by atoms with van der Waals surface area (Å²) in [6, 6.07) is 6.58. The number of rotatable bonds is 6. The van der Waals surface area contributed by atoms with Gasteiger partial charge in [0.25, 0.3) is 5.91 Å². The Balaban J connectivity index is 1.52. The van der Waals surface area contributed by atoms with Crippen molar-refractivity contribution in [1.29, 1.82) is 0 Å². The van der Waals surface area contributed by atoms with Gasteiger partial charge in [0, 0.05) is 51.8 Å². The molecular formula is C27H36N6O3. The normalized spacial score (nSPS) is 19.8. The lowest BCUT2D eigenvalue weighted by Gasteiger charge is -2.35. The molecule has 9 nitrogen and oxygen atoms in total. The number of amides is 2. The number of hydrogen-bond acceptors (Lipinski definition) is 7. The summed E-state index contributed by atoms with van der Waals surface area (Å²) in [6.07, 6.45) is 3.00. The summed E-state index contributed by atoms with van der Waals surface area (Å²) in [6.45, 7) is 10.5. The first kappa shape index (κ1) is 24.3. The Labute approximate surface area is 213 Å². The molecule has 1 aromatic carbocycles. The summed E-state index contributed by atoms with van der Waals surface area (Å²) < 4.78 is 5.48. The van der Waals surface area contributed by atoms with E-state index in [1.807, 2.05) is 15.9 Å². The van der Waals surface area contributed by atoms with Crippen molar-refractivity contribution in [3.8, 4) is 5.75 Å². The zero-order chi connectivity index (χ0) is 25.4. The molecule has 36 heavy (non-hydrogen) atoms. The van der Waals surface area contributed by atoms with Gasteiger partial charge in [0.05, 0.1) is 19.7 Å². The lowest BCUT2D eigenvalue weighted by Crippen LogP contribution is -2.48. The van der Waals surface area contributed by atoms with Crippen LogP contribution in [0.15, 0.2) is 18.2 Å². The second-order valence-electron chi connectivity index (χ2n) is 9.97. The molecule has 0 aliphatic carbocycles. The highest BCUT2D eigenvalue weighted by atomic mass is 16.5. The maximum Gasteiger partial charge on any atom is 0.273 e. The predicted octanol–water partition coefficient (Wildman–Crippen LogP) is 3.17. The van der Waals surface area contributed by atoms with Crippen LogP contribution in [-0.4, -0.2) is 78.0 Å². The third-order valence-electron chi connectivity index (χ3n) is 7.64. The number of aromatic nitrogens is 2. The van der Waals surface area contributed by atoms with Crippen LogP contribution in [0.5, 0.6) is 5.75 Å². The standard InChI is InChI=1S/C27H36N6O3/c1-5-10-32-17-21-24(26(32)35)28-27(31-14-12-30(13-15-31)19(3)34)29-25(21)33-11-6-7-22(33)20-8-9-23(36-4)18(2)16-20/h8-9,16,22H,5-7,10-15,17H2,1-4H3. The van der Waals surface area contributed by atoms with Crippen LogP contribution < -0.4 is 14.5 Å². The van der Waals surface area contributed by atoms with Crippen LogP contribution >= 0.6 is 0 Å². The number of anilines is 2. The predicted molar refractivity (Wildman–Crippen MR) is 139 cm³/mol. The van der Waals surface area contributed by atoms with E-state index < -0.39 is 0 Å². The van der Waals surface area contributed by atoms with Crippen LogP contribution in [0.25, 0.3) is 0 Å². The molecular weight excluding hydrogens is 456 g/mol. The van der Waals surface area contributed by atoms with E-state index >= 15 is 0 Å². The van der Waals surface area contributed by atoms with Gasteiger partial charge in [-0.15, -0.1) is 0 Å². The fourth-order valence-electron chi connectivity index (χ4n) is 5.72. The molecule has 1 aromatic heterocycles. The van der Waals surface area contributed by atoms with Crippen LogP contribution in [0.3, 0.4) is 0 Å². The van der Waals surface area contributed by atoms with Gasteiger partial charge >= 0.3 is 0 Å². The highest BCUT2D eigenvalue weighted by Crippen LogP contribution is 2.41. The molecule has 9 heteroatoms. The van der Waals surface area contributed by atoms with Gasteiger partial charge in [0.2, 0.25) is 11.9 Å². The number of ether oxygens (including phenoxy) is 1. The lowest BCUT2D eigenvalue weighted by molar-refractivity contribution is -0.129. The Kier molecular flexibility index (Phi) is 6.73. The summed E-state index contributed by atoms with van der Waals surface area (Å²) in [7, 11) is 1.70. The van der Waals surface area contributed by atoms with Gasteiger partial charge in [-0.05, 0) is 43.4 Å². The van der Waals surface area contributed by atoms with Crippen LogP contribution in [0, 0.1) is 6.92 Å². The molecule has 192 valence electrons. The van der Waals surface area contributed by atoms with Crippen LogP contribution in [0.4, 0.5) is 11.8 Å². The van der Waals surface area contributed by atoms with Gasteiger partial charge in [-0.2, -0.15) is 4.98 Å². The van der Waals surface area contributed by atoms with Crippen molar-refractivity contribution < 1.29 is 14.3 Å². The van der Waals surface area contributed by atoms with E-state index in [1.54, 1.807) is 14.0 Å². The van der Waals surface area contributed by atoms with Gasteiger partial charge in [-0.25, -0.2) is 4.98 Å². The number of hydrogen-bond donors (Lipinski definition) is 0.